The van der Waals surface area contributed by atoms with Gasteiger partial charge in [0.2, 0.25) is 0 Å². The summed E-state index contributed by atoms with van der Waals surface area (Å²) in [5.74, 6) is -2.60. The number of nitrogens with one attached hydrogen (secondary N) is 2. The van der Waals surface area contributed by atoms with Gasteiger partial charge in [-0.25, -0.2) is 21.8 Å². The summed E-state index contributed by atoms with van der Waals surface area (Å²) in [5.41, 5.74) is -0.973. The zero-order chi connectivity index (χ0) is 24.3. The summed E-state index contributed by atoms with van der Waals surface area (Å²) in [4.78, 5) is 18.7. The van der Waals surface area contributed by atoms with Crippen LogP contribution in [0.1, 0.15) is 36.0 Å². The molecule has 2 aliphatic heterocycles. The third-order valence-corrected chi connectivity index (χ3v) is 8.42. The molecule has 1 saturated carbocycles. The van der Waals surface area contributed by atoms with Crippen molar-refractivity contribution in [2.75, 3.05) is 32.7 Å². The van der Waals surface area contributed by atoms with Crippen molar-refractivity contribution in [1.82, 2.24) is 14.5 Å². The second-order valence-electron chi connectivity index (χ2n) is 8.58. The topological polar surface area (TPSA) is 109 Å². The third-order valence-electron chi connectivity index (χ3n) is 6.64. The molecule has 9 nitrogen and oxygen atoms in total. The number of halogens is 2. The standard InChI is InChI=1S/C22H26F2N6O3S/c23-17-4-3-5-18(24)20(17)21(31)26-15-22(6-1-2-7-22)29-10-12-30(13-11-29)34(32,33)19-14-28(9-8-25)16-27-19/h3-5,8-9,14,16,25H,1-2,6-7,10-13,15H2/p+1. The van der Waals surface area contributed by atoms with Gasteiger partial charge in [0, 0.05) is 38.3 Å². The van der Waals surface area contributed by atoms with Crippen molar-refractivity contribution in [3.8, 4) is 0 Å². The second kappa shape index (κ2) is 9.80. The van der Waals surface area contributed by atoms with Crippen molar-refractivity contribution in [2.24, 2.45) is 4.99 Å². The van der Waals surface area contributed by atoms with Gasteiger partial charge in [-0.3, -0.25) is 9.69 Å². The van der Waals surface area contributed by atoms with Crippen molar-refractivity contribution in [2.45, 2.75) is 31.2 Å². The summed E-state index contributed by atoms with van der Waals surface area (Å²) in [6.07, 6.45) is 8.66. The monoisotopic (exact) mass is 493 g/mol. The largest absolute Gasteiger partial charge is 0.350 e. The summed E-state index contributed by atoms with van der Waals surface area (Å²) < 4.78 is 56.7. The van der Waals surface area contributed by atoms with Gasteiger partial charge in [0.15, 0.2) is 6.20 Å². The van der Waals surface area contributed by atoms with Crippen LogP contribution in [0.3, 0.4) is 0 Å². The summed E-state index contributed by atoms with van der Waals surface area (Å²) in [7, 11) is -3.77. The maximum absolute atomic E-state index is 14.0. The summed E-state index contributed by atoms with van der Waals surface area (Å²) in [5, 5.41) is 9.74. The zero-order valence-corrected chi connectivity index (χ0v) is 19.4. The predicted molar refractivity (Wildman–Crippen MR) is 124 cm³/mol. The number of carbonyl (C=O) groups excluding carboxylic acids is 1. The molecular weight excluding hydrogens is 466 g/mol. The number of aliphatic imine (C=N–C) groups is 1. The van der Waals surface area contributed by atoms with E-state index in [4.69, 9.17) is 5.41 Å². The SMILES string of the molecule is N=CC=[N+]1C=NC(S(=O)(=O)N2CCN(C3(CNC(=O)c4c(F)cccc4F)CCCC3)CC2)=C1. The average molecular weight is 494 g/mol. The smallest absolute Gasteiger partial charge is 0.319 e. The molecule has 0 aromatic heterocycles. The molecule has 2 fully saturated rings. The number of amides is 1. The van der Waals surface area contributed by atoms with Gasteiger partial charge in [0.1, 0.15) is 23.4 Å². The maximum atomic E-state index is 14.0. The first kappa shape index (κ1) is 24.3. The van der Waals surface area contributed by atoms with Crippen LogP contribution in [0.25, 0.3) is 0 Å². The van der Waals surface area contributed by atoms with Crippen molar-refractivity contribution in [1.29, 1.82) is 5.41 Å². The van der Waals surface area contributed by atoms with Gasteiger partial charge in [-0.05, 0) is 30.0 Å². The molecule has 182 valence electrons. The number of hydrogen-bond acceptors (Lipinski definition) is 6. The molecule has 0 unspecified atom stereocenters. The Morgan fingerprint density at radius 3 is 2.44 bits per heavy atom. The Balaban J connectivity index is 1.42. The molecular formula is C22H27F2N6O3S+. The van der Waals surface area contributed by atoms with Crippen LogP contribution in [0.15, 0.2) is 34.4 Å². The van der Waals surface area contributed by atoms with Gasteiger partial charge < -0.3 is 10.7 Å². The average Bonchev–Trinajstić information content (AvgIpc) is 3.49. The molecule has 2 N–H and O–H groups in total. The highest BCUT2D eigenvalue weighted by Gasteiger charge is 2.44. The fraction of sp³-hybridized carbons (Fsp3) is 0.455. The number of carbonyl (C=O) groups is 1. The Hall–Kier alpha value is -2.83. The Morgan fingerprint density at radius 2 is 1.82 bits per heavy atom. The Morgan fingerprint density at radius 1 is 1.18 bits per heavy atom. The molecule has 0 atom stereocenters. The van der Waals surface area contributed by atoms with Gasteiger partial charge in [-0.2, -0.15) is 4.31 Å². The van der Waals surface area contributed by atoms with E-state index in [0.717, 1.165) is 44.0 Å². The minimum Gasteiger partial charge on any atom is -0.350 e. The zero-order valence-electron chi connectivity index (χ0n) is 18.6. The fourth-order valence-corrected chi connectivity index (χ4v) is 6.18. The van der Waals surface area contributed by atoms with Gasteiger partial charge >= 0.3 is 5.03 Å². The number of hydrogen-bond donors (Lipinski definition) is 2. The molecule has 1 saturated heterocycles. The first-order valence-corrected chi connectivity index (χ1v) is 12.6. The van der Waals surface area contributed by atoms with Crippen LogP contribution >= 0.6 is 0 Å². The van der Waals surface area contributed by atoms with Gasteiger partial charge in [-0.1, -0.05) is 18.9 Å². The van der Waals surface area contributed by atoms with Crippen LogP contribution in [0, 0.1) is 17.0 Å². The van der Waals surface area contributed by atoms with E-state index in [1.165, 1.54) is 33.7 Å². The van der Waals surface area contributed by atoms with E-state index in [1.807, 2.05) is 0 Å². The number of rotatable bonds is 7. The Kier molecular flexibility index (Phi) is 7.01. The molecule has 12 heteroatoms. The van der Waals surface area contributed by atoms with E-state index in [-0.39, 0.29) is 30.2 Å². The van der Waals surface area contributed by atoms with Crippen molar-refractivity contribution in [3.63, 3.8) is 0 Å². The molecule has 0 bridgehead atoms. The number of nitrogens with zero attached hydrogens (tertiary/aromatic N) is 4. The number of sulfonamides is 1. The van der Waals surface area contributed by atoms with E-state index >= 15 is 0 Å². The van der Waals surface area contributed by atoms with E-state index in [9.17, 15) is 22.0 Å². The fourth-order valence-electron chi connectivity index (χ4n) is 4.84. The second-order valence-corrected chi connectivity index (χ2v) is 10.5. The molecule has 0 spiro atoms. The molecule has 1 amide bonds. The Bertz CT molecular complexity index is 1150. The lowest BCUT2D eigenvalue weighted by molar-refractivity contribution is -0.300. The molecule has 1 aliphatic carbocycles. The normalized spacial score (nSPS) is 22.2. The summed E-state index contributed by atoms with van der Waals surface area (Å²) >= 11 is 0. The molecule has 1 aromatic carbocycles. The van der Waals surface area contributed by atoms with E-state index in [0.29, 0.717) is 13.1 Å². The highest BCUT2D eigenvalue weighted by Crippen LogP contribution is 2.36. The third kappa shape index (κ3) is 4.70. The summed E-state index contributed by atoms with van der Waals surface area (Å²) in [6.45, 7) is 1.70. The summed E-state index contributed by atoms with van der Waals surface area (Å²) in [6, 6.07) is 3.31. The van der Waals surface area contributed by atoms with E-state index < -0.39 is 33.1 Å². The van der Waals surface area contributed by atoms with E-state index in [1.54, 1.807) is 0 Å². The van der Waals surface area contributed by atoms with Gasteiger partial charge in [0.05, 0.1) is 6.21 Å². The lowest BCUT2D eigenvalue weighted by Crippen LogP contribution is -2.60. The maximum Gasteiger partial charge on any atom is 0.319 e. The highest BCUT2D eigenvalue weighted by atomic mass is 32.2. The number of benzene rings is 1. The van der Waals surface area contributed by atoms with Crippen LogP contribution in [-0.2, 0) is 10.0 Å². The van der Waals surface area contributed by atoms with Crippen molar-refractivity contribution < 1.29 is 26.6 Å². The van der Waals surface area contributed by atoms with Crippen molar-refractivity contribution >= 4 is 34.7 Å². The predicted octanol–water partition coefficient (Wildman–Crippen LogP) is 1.53. The van der Waals surface area contributed by atoms with E-state index in [2.05, 4.69) is 15.2 Å². The molecule has 2 heterocycles. The molecule has 0 radical (unpaired) electrons. The molecule has 1 aromatic rings. The van der Waals surface area contributed by atoms with Crippen LogP contribution < -0.4 is 5.32 Å². The van der Waals surface area contributed by atoms with Crippen LogP contribution in [-0.4, -0.2) is 85.1 Å². The molecule has 34 heavy (non-hydrogen) atoms. The first-order chi connectivity index (χ1) is 16.3. The first-order valence-electron chi connectivity index (χ1n) is 11.1. The van der Waals surface area contributed by atoms with Gasteiger partial charge in [-0.15, -0.1) is 0 Å². The Labute approximate surface area is 197 Å². The van der Waals surface area contributed by atoms with Crippen molar-refractivity contribution in [3.05, 3.63) is 46.6 Å². The highest BCUT2D eigenvalue weighted by molar-refractivity contribution is 7.93. The minimum atomic E-state index is -3.77. The molecule has 3 aliphatic rings. The van der Waals surface area contributed by atoms with Crippen LogP contribution in [0.5, 0.6) is 0 Å². The van der Waals surface area contributed by atoms with Crippen LogP contribution in [0.4, 0.5) is 8.78 Å². The van der Waals surface area contributed by atoms with Crippen LogP contribution in [0.2, 0.25) is 0 Å². The quantitative estimate of drug-likeness (QED) is 0.444. The van der Waals surface area contributed by atoms with Gasteiger partial charge in [0.25, 0.3) is 22.3 Å². The molecule has 4 rings (SSSR count). The number of piperazine rings is 1. The lowest BCUT2D eigenvalue weighted by Gasteiger charge is -2.45. The lowest BCUT2D eigenvalue weighted by atomic mass is 9.93. The minimum absolute atomic E-state index is 0.0752.